The summed E-state index contributed by atoms with van der Waals surface area (Å²) in [7, 11) is 0. The summed E-state index contributed by atoms with van der Waals surface area (Å²) in [4.78, 5) is 25.8. The van der Waals surface area contributed by atoms with Crippen molar-refractivity contribution < 1.29 is 24.2 Å². The first-order valence-corrected chi connectivity index (χ1v) is 7.81. The monoisotopic (exact) mass is 329 g/mol. The summed E-state index contributed by atoms with van der Waals surface area (Å²) in [5.74, 6) is -0.0281. The molecule has 0 aromatic rings. The number of aliphatic hydroxyl groups is 1. The van der Waals surface area contributed by atoms with Crippen LogP contribution in [0.2, 0.25) is 0 Å². The third-order valence-electron chi connectivity index (χ3n) is 3.34. The maximum Gasteiger partial charge on any atom is 0.158 e. The van der Waals surface area contributed by atoms with Gasteiger partial charge >= 0.3 is 0 Å². The molecule has 1 unspecified atom stereocenters. The van der Waals surface area contributed by atoms with Gasteiger partial charge in [0.2, 0.25) is 0 Å². The van der Waals surface area contributed by atoms with Crippen LogP contribution in [0.1, 0.15) is 33.1 Å². The van der Waals surface area contributed by atoms with Crippen LogP contribution in [0.5, 0.6) is 0 Å². The summed E-state index contributed by atoms with van der Waals surface area (Å²) in [5, 5.41) is 12.5. The molecule has 0 rings (SSSR count). The van der Waals surface area contributed by atoms with Gasteiger partial charge in [-0.05, 0) is 23.8 Å². The largest absolute Gasteiger partial charge is 0.396 e. The summed E-state index contributed by atoms with van der Waals surface area (Å²) < 4.78 is 10.3. The lowest BCUT2D eigenvalue weighted by Gasteiger charge is -2.16. The van der Waals surface area contributed by atoms with E-state index < -0.39 is 0 Å². The fraction of sp³-hybridized carbons (Fsp3) is 0.867. The van der Waals surface area contributed by atoms with E-state index in [-0.39, 0.29) is 56.2 Å². The first kappa shape index (κ1) is 21.5. The van der Waals surface area contributed by atoms with E-state index in [0.29, 0.717) is 26.1 Å². The smallest absolute Gasteiger partial charge is 0.158 e. The van der Waals surface area contributed by atoms with Crippen LogP contribution in [-0.2, 0) is 19.1 Å². The van der Waals surface area contributed by atoms with Crippen molar-refractivity contribution in [2.45, 2.75) is 33.1 Å². The summed E-state index contributed by atoms with van der Waals surface area (Å²) in [6, 6.07) is 0. The van der Waals surface area contributed by atoms with Crippen LogP contribution in [0.3, 0.4) is 0 Å². The highest BCUT2D eigenvalue weighted by Gasteiger charge is 2.16. The molecule has 0 aliphatic heterocycles. The fourth-order valence-corrected chi connectivity index (χ4v) is 1.84. The first-order valence-electron chi connectivity index (χ1n) is 7.81. The number of ether oxygens (including phenoxy) is 2. The third-order valence-corrected chi connectivity index (χ3v) is 3.34. The van der Waals surface area contributed by atoms with Gasteiger partial charge in [-0.25, -0.2) is 0 Å². The predicted molar refractivity (Wildman–Crippen MR) is 84.9 cm³/mol. The zero-order chi connectivity index (χ0) is 17.5. The number of hydrogen-bond acceptors (Lipinski definition) is 6. The molecule has 0 fully saturated rings. The fourth-order valence-electron chi connectivity index (χ4n) is 1.84. The zero-order valence-corrected chi connectivity index (χ0v) is 13.9. The number of Topliss-reactive ketones (excluding diaryl/α,β-unsaturated/α-hetero) is 2. The van der Waals surface area contributed by atoms with Crippen molar-refractivity contribution in [2.75, 3.05) is 39.6 Å². The molecule has 8 heteroatoms. The van der Waals surface area contributed by atoms with Crippen molar-refractivity contribution in [3.63, 3.8) is 0 Å². The van der Waals surface area contributed by atoms with Gasteiger partial charge in [-0.15, -0.1) is 0 Å². The van der Waals surface area contributed by atoms with E-state index >= 15 is 0 Å². The molecule has 132 valence electrons. The molecule has 0 spiro atoms. The maximum absolute atomic E-state index is 11.7. The van der Waals surface area contributed by atoms with Crippen LogP contribution in [0, 0.1) is 11.8 Å². The molecule has 0 saturated heterocycles. The third kappa shape index (κ3) is 12.7. The molecule has 0 saturated carbocycles. The minimum atomic E-state index is -0.105. The Hall–Kier alpha value is -1.47. The number of hydrogen-bond donors (Lipinski definition) is 1. The molecule has 0 bridgehead atoms. The van der Waals surface area contributed by atoms with E-state index in [1.165, 1.54) is 0 Å². The van der Waals surface area contributed by atoms with Gasteiger partial charge in [0.15, 0.2) is 11.6 Å². The number of carbonyl (C=O) groups is 2. The quantitative estimate of drug-likeness (QED) is 0.213. The van der Waals surface area contributed by atoms with Gasteiger partial charge in [-0.1, -0.05) is 19.0 Å². The molecule has 8 nitrogen and oxygen atoms in total. The average Bonchev–Trinajstić information content (AvgIpc) is 2.51. The van der Waals surface area contributed by atoms with Crippen LogP contribution >= 0.6 is 0 Å². The summed E-state index contributed by atoms with van der Waals surface area (Å²) >= 11 is 0. The lowest BCUT2D eigenvalue weighted by molar-refractivity contribution is -0.129. The van der Waals surface area contributed by atoms with Gasteiger partial charge < -0.3 is 14.6 Å². The first-order chi connectivity index (χ1) is 11.0. The number of aliphatic hydroxyl groups excluding tert-OH is 1. The van der Waals surface area contributed by atoms with Crippen molar-refractivity contribution in [3.8, 4) is 0 Å². The van der Waals surface area contributed by atoms with Crippen molar-refractivity contribution in [2.24, 2.45) is 17.0 Å². The SMILES string of the molecule is CC(C)C(CO)CC(=O)COCC(=O)CCCOCCN=[N+]=[N-]. The Bertz CT molecular complexity index is 395. The second-order valence-electron chi connectivity index (χ2n) is 5.63. The van der Waals surface area contributed by atoms with Crippen LogP contribution in [0.25, 0.3) is 10.4 Å². The molecule has 0 aliphatic rings. The minimum absolute atomic E-state index is 0.0258. The number of rotatable bonds is 15. The molecule has 1 atom stereocenters. The van der Waals surface area contributed by atoms with Crippen molar-refractivity contribution in [1.29, 1.82) is 0 Å². The molecule has 0 amide bonds. The highest BCUT2D eigenvalue weighted by molar-refractivity contribution is 5.82. The van der Waals surface area contributed by atoms with Gasteiger partial charge in [0.25, 0.3) is 0 Å². The Morgan fingerprint density at radius 2 is 1.87 bits per heavy atom. The van der Waals surface area contributed by atoms with Gasteiger partial charge in [0.05, 0.1) is 6.61 Å². The summed E-state index contributed by atoms with van der Waals surface area (Å²) in [6.45, 7) is 4.72. The Morgan fingerprint density at radius 1 is 1.17 bits per heavy atom. The summed E-state index contributed by atoms with van der Waals surface area (Å²) in [6.07, 6.45) is 1.15. The van der Waals surface area contributed by atoms with E-state index in [2.05, 4.69) is 10.0 Å². The molecule has 23 heavy (non-hydrogen) atoms. The number of nitrogens with zero attached hydrogens (tertiary/aromatic N) is 3. The Labute approximate surface area is 136 Å². The van der Waals surface area contributed by atoms with E-state index in [0.717, 1.165) is 0 Å². The number of carbonyl (C=O) groups excluding carboxylic acids is 2. The predicted octanol–water partition coefficient (Wildman–Crippen LogP) is 1.90. The number of azide groups is 1. The molecule has 1 N–H and O–H groups in total. The van der Waals surface area contributed by atoms with Crippen LogP contribution in [0.4, 0.5) is 0 Å². The Balaban J connectivity index is 3.62. The van der Waals surface area contributed by atoms with Crippen LogP contribution in [-0.4, -0.2) is 56.3 Å². The van der Waals surface area contributed by atoms with Crippen molar-refractivity contribution >= 4 is 11.6 Å². The van der Waals surface area contributed by atoms with E-state index in [9.17, 15) is 9.59 Å². The van der Waals surface area contributed by atoms with Crippen molar-refractivity contribution in [3.05, 3.63) is 10.4 Å². The minimum Gasteiger partial charge on any atom is -0.396 e. The van der Waals surface area contributed by atoms with E-state index in [1.807, 2.05) is 13.8 Å². The second kappa shape index (κ2) is 14.1. The number of ketones is 2. The second-order valence-corrected chi connectivity index (χ2v) is 5.63. The highest BCUT2D eigenvalue weighted by atomic mass is 16.5. The molecule has 0 aromatic heterocycles. The Morgan fingerprint density at radius 3 is 2.48 bits per heavy atom. The molecule has 0 radical (unpaired) electrons. The van der Waals surface area contributed by atoms with Gasteiger partial charge in [-0.2, -0.15) is 0 Å². The molecule has 0 aromatic carbocycles. The molecule has 0 heterocycles. The molecular formula is C15H27N3O5. The Kier molecular flexibility index (Phi) is 13.2. The zero-order valence-electron chi connectivity index (χ0n) is 13.9. The van der Waals surface area contributed by atoms with E-state index in [1.54, 1.807) is 0 Å². The van der Waals surface area contributed by atoms with Crippen molar-refractivity contribution in [1.82, 2.24) is 0 Å². The highest BCUT2D eigenvalue weighted by Crippen LogP contribution is 2.14. The standard InChI is InChI=1S/C15H27N3O5/c1-12(2)13(9-19)8-15(21)11-23-10-14(20)4-3-6-22-7-5-17-18-16/h12-13,19H,3-11H2,1-2H3. The van der Waals surface area contributed by atoms with Gasteiger partial charge in [0.1, 0.15) is 13.2 Å². The van der Waals surface area contributed by atoms with Crippen LogP contribution in [0.15, 0.2) is 5.11 Å². The molecular weight excluding hydrogens is 302 g/mol. The van der Waals surface area contributed by atoms with Gasteiger partial charge in [0, 0.05) is 37.5 Å². The van der Waals surface area contributed by atoms with Gasteiger partial charge in [-0.3, -0.25) is 9.59 Å². The van der Waals surface area contributed by atoms with Crippen LogP contribution < -0.4 is 0 Å². The average molecular weight is 329 g/mol. The molecule has 0 aliphatic carbocycles. The topological polar surface area (TPSA) is 122 Å². The van der Waals surface area contributed by atoms with E-state index in [4.69, 9.17) is 20.1 Å². The maximum atomic E-state index is 11.7. The lowest BCUT2D eigenvalue weighted by Crippen LogP contribution is -2.22. The normalized spacial score (nSPS) is 12.0. The summed E-state index contributed by atoms with van der Waals surface area (Å²) in [5.41, 5.74) is 8.06. The lowest BCUT2D eigenvalue weighted by atomic mass is 9.92.